The van der Waals surface area contributed by atoms with Gasteiger partial charge in [0.1, 0.15) is 10.7 Å². The van der Waals surface area contributed by atoms with Crippen LogP contribution in [0.5, 0.6) is 0 Å². The molecule has 0 fully saturated rings. The molecule has 0 amide bonds. The van der Waals surface area contributed by atoms with Gasteiger partial charge in [0.25, 0.3) is 9.05 Å². The summed E-state index contributed by atoms with van der Waals surface area (Å²) in [5, 5.41) is 0. The summed E-state index contributed by atoms with van der Waals surface area (Å²) in [5.74, 6) is -0.845. The van der Waals surface area contributed by atoms with E-state index < -0.39 is 19.8 Å². The second kappa shape index (κ2) is 4.00. The van der Waals surface area contributed by atoms with Gasteiger partial charge >= 0.3 is 0 Å². The molecule has 0 aliphatic heterocycles. The van der Waals surface area contributed by atoms with Gasteiger partial charge in [0, 0.05) is 18.7 Å². The minimum atomic E-state index is -4.01. The second-order valence-corrected chi connectivity index (χ2v) is 6.69. The lowest BCUT2D eigenvalue weighted by atomic mass is 10.3. The summed E-state index contributed by atoms with van der Waals surface area (Å²) in [6.45, 7) is 0. The van der Waals surface area contributed by atoms with Crippen LogP contribution in [0.3, 0.4) is 0 Å². The van der Waals surface area contributed by atoms with Gasteiger partial charge in [0.15, 0.2) is 0 Å². The highest BCUT2D eigenvalue weighted by molar-refractivity contribution is 14.1. The van der Waals surface area contributed by atoms with E-state index in [-0.39, 0.29) is 0 Å². The van der Waals surface area contributed by atoms with Crippen LogP contribution in [0.25, 0.3) is 0 Å². The molecule has 0 N–H and O–H groups in total. The molecule has 72 valence electrons. The highest BCUT2D eigenvalue weighted by atomic mass is 127. The zero-order chi connectivity index (χ0) is 10.2. The van der Waals surface area contributed by atoms with Gasteiger partial charge in [-0.15, -0.1) is 0 Å². The summed E-state index contributed by atoms with van der Waals surface area (Å²) in [4.78, 5) is -0.513. The maximum atomic E-state index is 13.0. The topological polar surface area (TPSA) is 34.1 Å². The number of halogens is 4. The van der Waals surface area contributed by atoms with Gasteiger partial charge < -0.3 is 0 Å². The molecule has 1 aromatic rings. The van der Waals surface area contributed by atoms with Crippen molar-refractivity contribution in [1.29, 1.82) is 0 Å². The zero-order valence-corrected chi connectivity index (χ0v) is 11.2. The van der Waals surface area contributed by atoms with E-state index in [1.54, 1.807) is 0 Å². The molecule has 0 aliphatic carbocycles. The lowest BCUT2D eigenvalue weighted by Gasteiger charge is -2.01. The summed E-state index contributed by atoms with van der Waals surface area (Å²) < 4.78 is 35.8. The maximum Gasteiger partial charge on any atom is 0.264 e. The third-order valence-electron chi connectivity index (χ3n) is 1.24. The molecule has 0 aliphatic rings. The maximum absolute atomic E-state index is 13.0. The standard InChI is InChI=1S/C6H2BrClFIO2S/c7-3-1-6(13(8,11)12)4(9)2-5(3)10/h1-2H. The lowest BCUT2D eigenvalue weighted by molar-refractivity contribution is 0.574. The van der Waals surface area contributed by atoms with Crippen molar-refractivity contribution in [2.24, 2.45) is 0 Å². The monoisotopic (exact) mass is 398 g/mol. The van der Waals surface area contributed by atoms with Crippen molar-refractivity contribution < 1.29 is 12.8 Å². The van der Waals surface area contributed by atoms with Gasteiger partial charge in [-0.25, -0.2) is 12.8 Å². The molecular formula is C6H2BrClFIO2S. The van der Waals surface area contributed by atoms with Crippen LogP contribution in [-0.4, -0.2) is 8.42 Å². The van der Waals surface area contributed by atoms with Gasteiger partial charge in [-0.2, -0.15) is 0 Å². The Balaban J connectivity index is 3.50. The van der Waals surface area contributed by atoms with Crippen molar-refractivity contribution in [1.82, 2.24) is 0 Å². The SMILES string of the molecule is O=S(=O)(Cl)c1cc(Br)c(I)cc1F. The van der Waals surface area contributed by atoms with Crippen molar-refractivity contribution in [2.45, 2.75) is 4.90 Å². The number of hydrogen-bond acceptors (Lipinski definition) is 2. The average Bonchev–Trinajstić information content (AvgIpc) is 1.94. The molecule has 0 spiro atoms. The Bertz CT molecular complexity index is 448. The Morgan fingerprint density at radius 2 is 2.00 bits per heavy atom. The number of benzene rings is 1. The molecule has 0 saturated heterocycles. The van der Waals surface area contributed by atoms with Crippen LogP contribution in [0.4, 0.5) is 4.39 Å². The van der Waals surface area contributed by atoms with Crippen molar-refractivity contribution in [2.75, 3.05) is 0 Å². The quantitative estimate of drug-likeness (QED) is 0.413. The Labute approximate surface area is 101 Å². The highest BCUT2D eigenvalue weighted by Crippen LogP contribution is 2.27. The van der Waals surface area contributed by atoms with Crippen molar-refractivity contribution >= 4 is 58.3 Å². The summed E-state index contributed by atoms with van der Waals surface area (Å²) >= 11 is 4.95. The molecule has 0 radical (unpaired) electrons. The average molecular weight is 399 g/mol. The van der Waals surface area contributed by atoms with E-state index in [0.29, 0.717) is 8.04 Å². The first kappa shape index (κ1) is 11.7. The van der Waals surface area contributed by atoms with E-state index in [0.717, 1.165) is 12.1 Å². The van der Waals surface area contributed by atoms with Gasteiger partial charge in [0.2, 0.25) is 0 Å². The first-order valence-corrected chi connectivity index (χ1v) is 7.09. The first-order chi connectivity index (χ1) is 5.82. The van der Waals surface area contributed by atoms with E-state index in [1.807, 2.05) is 22.6 Å². The van der Waals surface area contributed by atoms with Crippen LogP contribution in [0.15, 0.2) is 21.5 Å². The summed E-state index contributed by atoms with van der Waals surface area (Å²) in [6, 6.07) is 2.24. The third kappa shape index (κ3) is 2.77. The summed E-state index contributed by atoms with van der Waals surface area (Å²) in [5.41, 5.74) is 0. The fourth-order valence-corrected chi connectivity index (χ4v) is 2.52. The fourth-order valence-electron chi connectivity index (χ4n) is 0.691. The van der Waals surface area contributed by atoms with Gasteiger partial charge in [-0.3, -0.25) is 0 Å². The van der Waals surface area contributed by atoms with Crippen LogP contribution in [-0.2, 0) is 9.05 Å². The van der Waals surface area contributed by atoms with Crippen LogP contribution in [0.2, 0.25) is 0 Å². The Kier molecular flexibility index (Phi) is 3.59. The second-order valence-electron chi connectivity index (χ2n) is 2.13. The van der Waals surface area contributed by atoms with E-state index in [9.17, 15) is 12.8 Å². The normalized spacial score (nSPS) is 11.7. The molecule has 1 aromatic carbocycles. The van der Waals surface area contributed by atoms with E-state index in [1.165, 1.54) is 0 Å². The highest BCUT2D eigenvalue weighted by Gasteiger charge is 2.17. The number of hydrogen-bond donors (Lipinski definition) is 0. The predicted octanol–water partition coefficient (Wildman–Crippen LogP) is 3.12. The third-order valence-corrected chi connectivity index (χ3v) is 4.86. The lowest BCUT2D eigenvalue weighted by Crippen LogP contribution is -1.96. The largest absolute Gasteiger partial charge is 0.264 e. The van der Waals surface area contributed by atoms with Crippen molar-refractivity contribution in [3.8, 4) is 0 Å². The molecule has 0 bridgehead atoms. The van der Waals surface area contributed by atoms with Crippen LogP contribution >= 0.6 is 49.2 Å². The Morgan fingerprint density at radius 1 is 1.46 bits per heavy atom. The summed E-state index contributed by atoms with van der Waals surface area (Å²) in [6.07, 6.45) is 0. The first-order valence-electron chi connectivity index (χ1n) is 2.91. The zero-order valence-electron chi connectivity index (χ0n) is 5.89. The molecule has 7 heteroatoms. The molecule has 0 aromatic heterocycles. The van der Waals surface area contributed by atoms with Crippen LogP contribution < -0.4 is 0 Å². The molecule has 0 atom stereocenters. The van der Waals surface area contributed by atoms with Gasteiger partial charge in [-0.1, -0.05) is 0 Å². The molecule has 1 rings (SSSR count). The van der Waals surface area contributed by atoms with Crippen molar-refractivity contribution in [3.05, 3.63) is 26.0 Å². The predicted molar refractivity (Wildman–Crippen MR) is 59.9 cm³/mol. The van der Waals surface area contributed by atoms with Gasteiger partial charge in [0.05, 0.1) is 0 Å². The minimum absolute atomic E-state index is 0.494. The van der Waals surface area contributed by atoms with Crippen molar-refractivity contribution in [3.63, 3.8) is 0 Å². The fraction of sp³-hybridized carbons (Fsp3) is 0. The van der Waals surface area contributed by atoms with Crippen LogP contribution in [0, 0.1) is 9.39 Å². The molecule has 2 nitrogen and oxygen atoms in total. The molecule has 0 heterocycles. The van der Waals surface area contributed by atoms with Crippen LogP contribution in [0.1, 0.15) is 0 Å². The Morgan fingerprint density at radius 3 is 2.46 bits per heavy atom. The van der Waals surface area contributed by atoms with E-state index in [4.69, 9.17) is 10.7 Å². The smallest absolute Gasteiger partial charge is 0.207 e. The minimum Gasteiger partial charge on any atom is -0.207 e. The van der Waals surface area contributed by atoms with E-state index in [2.05, 4.69) is 15.9 Å². The van der Waals surface area contributed by atoms with Gasteiger partial charge in [-0.05, 0) is 50.7 Å². The Hall–Kier alpha value is 0.600. The molecule has 0 unspecified atom stereocenters. The number of rotatable bonds is 1. The summed E-state index contributed by atoms with van der Waals surface area (Å²) in [7, 11) is 0.988. The molecular weight excluding hydrogens is 397 g/mol. The molecule has 13 heavy (non-hydrogen) atoms. The molecule has 0 saturated carbocycles. The van der Waals surface area contributed by atoms with E-state index >= 15 is 0 Å².